The summed E-state index contributed by atoms with van der Waals surface area (Å²) < 4.78 is 10.5. The third kappa shape index (κ3) is 8.34. The average Bonchev–Trinajstić information content (AvgIpc) is 3.48. The molecule has 7 nitrogen and oxygen atoms in total. The van der Waals surface area contributed by atoms with Gasteiger partial charge in [-0.15, -0.1) is 24.0 Å². The summed E-state index contributed by atoms with van der Waals surface area (Å²) in [6, 6.07) is 8.01. The van der Waals surface area contributed by atoms with Gasteiger partial charge in [0.15, 0.2) is 5.96 Å². The summed E-state index contributed by atoms with van der Waals surface area (Å²) in [6.07, 6.45) is 2.40. The van der Waals surface area contributed by atoms with E-state index < -0.39 is 0 Å². The Morgan fingerprint density at radius 2 is 1.93 bits per heavy atom. The van der Waals surface area contributed by atoms with E-state index in [9.17, 15) is 4.79 Å². The molecule has 1 aliphatic carbocycles. The first-order valence-corrected chi connectivity index (χ1v) is 8.90. The third-order valence-electron chi connectivity index (χ3n) is 4.34. The van der Waals surface area contributed by atoms with Crippen LogP contribution < -0.4 is 15.4 Å². The summed E-state index contributed by atoms with van der Waals surface area (Å²) in [6.45, 7) is 1.33. The molecular formula is C19H31IN4O3. The first-order valence-electron chi connectivity index (χ1n) is 8.90. The van der Waals surface area contributed by atoms with Crippen molar-refractivity contribution in [1.29, 1.82) is 0 Å². The molecule has 152 valence electrons. The summed E-state index contributed by atoms with van der Waals surface area (Å²) in [5.74, 6) is 2.05. The molecule has 2 rings (SSSR count). The number of amides is 1. The number of rotatable bonds is 9. The predicted molar refractivity (Wildman–Crippen MR) is 118 cm³/mol. The number of hydrogen-bond acceptors (Lipinski definition) is 4. The minimum atomic E-state index is -0.00124. The maximum absolute atomic E-state index is 11.9. The maximum Gasteiger partial charge on any atom is 0.241 e. The summed E-state index contributed by atoms with van der Waals surface area (Å²) >= 11 is 0. The Balaban J connectivity index is 0.00000364. The zero-order valence-corrected chi connectivity index (χ0v) is 18.9. The van der Waals surface area contributed by atoms with Crippen LogP contribution in [0.2, 0.25) is 0 Å². The van der Waals surface area contributed by atoms with Crippen molar-refractivity contribution >= 4 is 35.8 Å². The largest absolute Gasteiger partial charge is 0.497 e. The van der Waals surface area contributed by atoms with Crippen LogP contribution in [0.3, 0.4) is 0 Å². The molecule has 1 unspecified atom stereocenters. The first kappa shape index (κ1) is 23.5. The van der Waals surface area contributed by atoms with Gasteiger partial charge in [0.2, 0.25) is 5.91 Å². The number of carbonyl (C=O) groups is 1. The fraction of sp³-hybridized carbons (Fsp3) is 0.579. The van der Waals surface area contributed by atoms with Crippen LogP contribution in [0.15, 0.2) is 29.3 Å². The fourth-order valence-corrected chi connectivity index (χ4v) is 2.52. The van der Waals surface area contributed by atoms with Gasteiger partial charge in [-0.05, 0) is 36.5 Å². The number of methoxy groups -OCH3 is 2. The van der Waals surface area contributed by atoms with Crippen molar-refractivity contribution in [2.24, 2.45) is 10.9 Å². The lowest BCUT2D eigenvalue weighted by atomic mass is 10.2. The quantitative estimate of drug-likeness (QED) is 0.314. The lowest BCUT2D eigenvalue weighted by molar-refractivity contribution is -0.127. The van der Waals surface area contributed by atoms with Crippen LogP contribution in [0.4, 0.5) is 0 Å². The van der Waals surface area contributed by atoms with Crippen molar-refractivity contribution < 1.29 is 14.3 Å². The van der Waals surface area contributed by atoms with E-state index in [0.717, 1.165) is 11.3 Å². The van der Waals surface area contributed by atoms with Gasteiger partial charge < -0.3 is 25.0 Å². The standard InChI is InChI=1S/C19H30N4O3.HI/c1-23(2)18(24)12-21-19(22-17(13-25-3)15-7-8-15)20-11-14-5-9-16(26-4)10-6-14;/h5-6,9-10,15,17H,7-8,11-13H2,1-4H3,(H2,20,21,22);1H. The Morgan fingerprint density at radius 1 is 1.26 bits per heavy atom. The van der Waals surface area contributed by atoms with Crippen LogP contribution in [-0.2, 0) is 16.1 Å². The van der Waals surface area contributed by atoms with E-state index >= 15 is 0 Å². The molecule has 0 aromatic heterocycles. The van der Waals surface area contributed by atoms with Crippen LogP contribution in [-0.4, -0.2) is 64.3 Å². The van der Waals surface area contributed by atoms with Crippen molar-refractivity contribution in [2.45, 2.75) is 25.4 Å². The maximum atomic E-state index is 11.9. The number of ether oxygens (including phenoxy) is 2. The molecule has 1 aromatic rings. The molecule has 0 heterocycles. The molecule has 1 aliphatic rings. The summed E-state index contributed by atoms with van der Waals surface area (Å²) in [5, 5.41) is 6.56. The number of carbonyl (C=O) groups excluding carboxylic acids is 1. The number of nitrogens with one attached hydrogen (secondary N) is 2. The van der Waals surface area contributed by atoms with Gasteiger partial charge in [-0.25, -0.2) is 4.99 Å². The summed E-state index contributed by atoms with van der Waals surface area (Å²) in [5.41, 5.74) is 1.07. The second kappa shape index (κ2) is 12.0. The van der Waals surface area contributed by atoms with Crippen molar-refractivity contribution in [1.82, 2.24) is 15.5 Å². The number of guanidine groups is 1. The molecule has 1 atom stereocenters. The molecule has 2 N–H and O–H groups in total. The number of aliphatic imine (C=N–C) groups is 1. The van der Waals surface area contributed by atoms with Crippen molar-refractivity contribution in [3.05, 3.63) is 29.8 Å². The summed E-state index contributed by atoms with van der Waals surface area (Å²) in [7, 11) is 6.83. The Kier molecular flexibility index (Phi) is 10.5. The average molecular weight is 490 g/mol. The normalized spacial score (nSPS) is 14.7. The van der Waals surface area contributed by atoms with Gasteiger partial charge >= 0.3 is 0 Å². The monoisotopic (exact) mass is 490 g/mol. The Morgan fingerprint density at radius 3 is 2.44 bits per heavy atom. The topological polar surface area (TPSA) is 75.2 Å². The van der Waals surface area contributed by atoms with Crippen molar-refractivity contribution in [3.8, 4) is 5.75 Å². The second-order valence-electron chi connectivity index (χ2n) is 6.70. The molecule has 1 amide bonds. The predicted octanol–water partition coefficient (Wildman–Crippen LogP) is 1.86. The molecule has 0 spiro atoms. The molecule has 1 fully saturated rings. The molecule has 1 aromatic carbocycles. The van der Waals surface area contributed by atoms with E-state index in [0.29, 0.717) is 25.0 Å². The van der Waals surface area contributed by atoms with Gasteiger partial charge in [-0.1, -0.05) is 12.1 Å². The smallest absolute Gasteiger partial charge is 0.241 e. The van der Waals surface area contributed by atoms with Crippen molar-refractivity contribution in [2.75, 3.05) is 41.5 Å². The highest BCUT2D eigenvalue weighted by molar-refractivity contribution is 14.0. The van der Waals surface area contributed by atoms with E-state index in [2.05, 4.69) is 15.6 Å². The van der Waals surface area contributed by atoms with E-state index in [-0.39, 0.29) is 42.5 Å². The highest BCUT2D eigenvalue weighted by Crippen LogP contribution is 2.32. The van der Waals surface area contributed by atoms with Gasteiger partial charge in [0, 0.05) is 21.2 Å². The zero-order chi connectivity index (χ0) is 18.9. The molecule has 0 bridgehead atoms. The molecule has 0 radical (unpaired) electrons. The number of hydrogen-bond donors (Lipinski definition) is 2. The van der Waals surface area contributed by atoms with Gasteiger partial charge in [-0.3, -0.25) is 4.79 Å². The fourth-order valence-electron chi connectivity index (χ4n) is 2.52. The molecule has 0 aliphatic heterocycles. The second-order valence-corrected chi connectivity index (χ2v) is 6.70. The van der Waals surface area contributed by atoms with Crippen LogP contribution in [0, 0.1) is 5.92 Å². The van der Waals surface area contributed by atoms with Gasteiger partial charge in [0.1, 0.15) is 5.75 Å². The lowest BCUT2D eigenvalue weighted by Crippen LogP contribution is -2.48. The van der Waals surface area contributed by atoms with E-state index in [4.69, 9.17) is 9.47 Å². The van der Waals surface area contributed by atoms with Crippen LogP contribution in [0.25, 0.3) is 0 Å². The Hall–Kier alpha value is -1.55. The number of likely N-dealkylation sites (N-methyl/N-ethyl adjacent to an activating group) is 1. The zero-order valence-electron chi connectivity index (χ0n) is 16.5. The molecule has 1 saturated carbocycles. The highest BCUT2D eigenvalue weighted by atomic mass is 127. The SMILES string of the molecule is COCC(NC(=NCc1ccc(OC)cc1)NCC(=O)N(C)C)C1CC1.I. The Labute approximate surface area is 178 Å². The van der Waals surface area contributed by atoms with Crippen LogP contribution >= 0.6 is 24.0 Å². The van der Waals surface area contributed by atoms with Gasteiger partial charge in [0.25, 0.3) is 0 Å². The summed E-state index contributed by atoms with van der Waals surface area (Å²) in [4.78, 5) is 18.1. The first-order chi connectivity index (χ1) is 12.5. The van der Waals surface area contributed by atoms with Crippen LogP contribution in [0.1, 0.15) is 18.4 Å². The lowest BCUT2D eigenvalue weighted by Gasteiger charge is -2.21. The number of benzene rings is 1. The van der Waals surface area contributed by atoms with Crippen molar-refractivity contribution in [3.63, 3.8) is 0 Å². The van der Waals surface area contributed by atoms with E-state index in [1.807, 2.05) is 24.3 Å². The van der Waals surface area contributed by atoms with E-state index in [1.54, 1.807) is 33.2 Å². The molecular weight excluding hydrogens is 459 g/mol. The Bertz CT molecular complexity index is 603. The van der Waals surface area contributed by atoms with Gasteiger partial charge in [0.05, 0.1) is 32.8 Å². The number of nitrogens with zero attached hydrogens (tertiary/aromatic N) is 2. The highest BCUT2D eigenvalue weighted by Gasteiger charge is 2.31. The minimum Gasteiger partial charge on any atom is -0.497 e. The van der Waals surface area contributed by atoms with Crippen LogP contribution in [0.5, 0.6) is 5.75 Å². The molecule has 27 heavy (non-hydrogen) atoms. The third-order valence-corrected chi connectivity index (χ3v) is 4.34. The van der Waals surface area contributed by atoms with E-state index in [1.165, 1.54) is 12.8 Å². The molecule has 8 heteroatoms. The van der Waals surface area contributed by atoms with Gasteiger partial charge in [-0.2, -0.15) is 0 Å². The molecule has 0 saturated heterocycles. The minimum absolute atomic E-state index is 0. The number of halogens is 1.